The monoisotopic (exact) mass is 162 g/mol. The molecule has 0 saturated carbocycles. The molecule has 0 aliphatic rings. The first kappa shape index (κ1) is 9.82. The number of thiol groups is 1. The Morgan fingerprint density at radius 2 is 2.00 bits per heavy atom. The zero-order valence-electron chi connectivity index (χ0n) is 6.63. The molecule has 60 valence electrons. The number of rotatable bonds is 3. The molecular weight excluding hydrogens is 148 g/mol. The van der Waals surface area contributed by atoms with Crippen molar-refractivity contribution >= 4 is 17.9 Å². The molecule has 0 spiro atoms. The Labute approximate surface area is 67.4 Å². The molecule has 0 N–H and O–H groups in total. The molecule has 0 aromatic rings. The molecule has 0 amide bonds. The molecule has 1 atom stereocenters. The second-order valence-corrected chi connectivity index (χ2v) is 3.16. The van der Waals surface area contributed by atoms with Crippen LogP contribution in [-0.4, -0.2) is 11.9 Å². The van der Waals surface area contributed by atoms with Crippen LogP contribution >= 0.6 is 12.6 Å². The lowest BCUT2D eigenvalue weighted by Crippen LogP contribution is -2.12. The van der Waals surface area contributed by atoms with Gasteiger partial charge in [0, 0.05) is 0 Å². The minimum Gasteiger partial charge on any atom is -0.457 e. The molecule has 10 heavy (non-hydrogen) atoms. The molecule has 0 heterocycles. The van der Waals surface area contributed by atoms with E-state index in [-0.39, 0.29) is 0 Å². The molecule has 0 aliphatic heterocycles. The normalized spacial score (nSPS) is 13.3. The molecule has 3 heteroatoms. The highest BCUT2D eigenvalue weighted by Gasteiger charge is 2.07. The Balaban J connectivity index is 3.39. The Hall–Kier alpha value is -0.180. The van der Waals surface area contributed by atoms with Gasteiger partial charge in [0.25, 0.3) is 0 Å². The third-order valence-electron chi connectivity index (χ3n) is 1.61. The summed E-state index contributed by atoms with van der Waals surface area (Å²) < 4.78 is 4.69. The van der Waals surface area contributed by atoms with E-state index in [9.17, 15) is 4.79 Å². The van der Waals surface area contributed by atoms with Gasteiger partial charge >= 0.3 is 5.30 Å². The highest BCUT2D eigenvalue weighted by atomic mass is 32.1. The topological polar surface area (TPSA) is 26.3 Å². The van der Waals surface area contributed by atoms with E-state index in [1.165, 1.54) is 0 Å². The van der Waals surface area contributed by atoms with Crippen LogP contribution in [0.25, 0.3) is 0 Å². The van der Waals surface area contributed by atoms with Crippen LogP contribution in [0.15, 0.2) is 0 Å². The Morgan fingerprint density at radius 3 is 2.30 bits per heavy atom. The molecule has 2 nitrogen and oxygen atoms in total. The van der Waals surface area contributed by atoms with E-state index in [0.29, 0.717) is 18.4 Å². The lowest BCUT2D eigenvalue weighted by atomic mass is 10.00. The molecule has 0 bridgehead atoms. The molecular formula is C7H14O2S. The summed E-state index contributed by atoms with van der Waals surface area (Å²) in [6, 6.07) is 0. The van der Waals surface area contributed by atoms with E-state index in [1.54, 1.807) is 0 Å². The third-order valence-corrected chi connectivity index (χ3v) is 1.74. The van der Waals surface area contributed by atoms with E-state index in [1.807, 2.05) is 6.92 Å². The van der Waals surface area contributed by atoms with Crippen molar-refractivity contribution in [1.82, 2.24) is 0 Å². The maximum absolute atomic E-state index is 10.2. The molecule has 0 fully saturated rings. The standard InChI is InChI=1S/C7H14O2S/c1-5(2)6(3)4-9-7(8)10/h5-6H,4H2,1-3H3,(H,8,10). The highest BCUT2D eigenvalue weighted by Crippen LogP contribution is 2.09. The van der Waals surface area contributed by atoms with E-state index in [4.69, 9.17) is 4.74 Å². The van der Waals surface area contributed by atoms with Gasteiger partial charge in [-0.05, 0) is 11.8 Å². The van der Waals surface area contributed by atoms with Gasteiger partial charge in [-0.25, -0.2) is 4.79 Å². The summed E-state index contributed by atoms with van der Waals surface area (Å²) in [6.45, 7) is 6.70. The van der Waals surface area contributed by atoms with Crippen LogP contribution in [0.4, 0.5) is 4.79 Å². The van der Waals surface area contributed by atoms with Crippen LogP contribution in [0.5, 0.6) is 0 Å². The predicted molar refractivity (Wildman–Crippen MR) is 44.3 cm³/mol. The SMILES string of the molecule is CC(C)C(C)COC(=O)S. The third kappa shape index (κ3) is 4.68. The van der Waals surface area contributed by atoms with Crippen molar-refractivity contribution in [3.05, 3.63) is 0 Å². The van der Waals surface area contributed by atoms with Gasteiger partial charge < -0.3 is 4.74 Å². The van der Waals surface area contributed by atoms with Gasteiger partial charge in [0.15, 0.2) is 0 Å². The van der Waals surface area contributed by atoms with Crippen molar-refractivity contribution in [2.75, 3.05) is 6.61 Å². The number of ether oxygens (including phenoxy) is 1. The second kappa shape index (κ2) is 4.61. The van der Waals surface area contributed by atoms with Crippen molar-refractivity contribution in [2.45, 2.75) is 20.8 Å². The fourth-order valence-electron chi connectivity index (χ4n) is 0.395. The van der Waals surface area contributed by atoms with Crippen molar-refractivity contribution < 1.29 is 9.53 Å². The largest absolute Gasteiger partial charge is 0.457 e. The Bertz CT molecular complexity index is 112. The summed E-state index contributed by atoms with van der Waals surface area (Å²) in [5, 5.41) is -0.493. The quantitative estimate of drug-likeness (QED) is 0.509. The van der Waals surface area contributed by atoms with Gasteiger partial charge in [0.05, 0.1) is 6.61 Å². The molecule has 0 aliphatic carbocycles. The van der Waals surface area contributed by atoms with Crippen LogP contribution in [0.3, 0.4) is 0 Å². The fraction of sp³-hybridized carbons (Fsp3) is 0.857. The summed E-state index contributed by atoms with van der Waals surface area (Å²) in [6.07, 6.45) is 0. The minimum absolute atomic E-state index is 0.413. The summed E-state index contributed by atoms with van der Waals surface area (Å²) in [7, 11) is 0. The van der Waals surface area contributed by atoms with Gasteiger partial charge in [-0.15, -0.1) is 0 Å². The number of carbonyl (C=O) groups is 1. The summed E-state index contributed by atoms with van der Waals surface area (Å²) in [5.74, 6) is 0.962. The van der Waals surface area contributed by atoms with Gasteiger partial charge in [-0.2, -0.15) is 0 Å². The number of carbonyl (C=O) groups excluding carboxylic acids is 1. The van der Waals surface area contributed by atoms with Crippen LogP contribution in [-0.2, 0) is 4.74 Å². The van der Waals surface area contributed by atoms with E-state index in [0.717, 1.165) is 0 Å². The summed E-state index contributed by atoms with van der Waals surface area (Å²) in [4.78, 5) is 10.2. The summed E-state index contributed by atoms with van der Waals surface area (Å²) >= 11 is 3.48. The van der Waals surface area contributed by atoms with E-state index >= 15 is 0 Å². The maximum Gasteiger partial charge on any atom is 0.364 e. The molecule has 0 saturated heterocycles. The second-order valence-electron chi connectivity index (χ2n) is 2.80. The smallest absolute Gasteiger partial charge is 0.364 e. The van der Waals surface area contributed by atoms with Gasteiger partial charge in [-0.1, -0.05) is 33.4 Å². The van der Waals surface area contributed by atoms with E-state index < -0.39 is 5.30 Å². The van der Waals surface area contributed by atoms with Gasteiger partial charge in [0.1, 0.15) is 0 Å². The Morgan fingerprint density at radius 1 is 1.50 bits per heavy atom. The zero-order chi connectivity index (χ0) is 8.15. The molecule has 0 rings (SSSR count). The highest BCUT2D eigenvalue weighted by molar-refractivity contribution is 7.96. The molecule has 1 unspecified atom stereocenters. The van der Waals surface area contributed by atoms with Crippen LogP contribution in [0.1, 0.15) is 20.8 Å². The molecule has 0 aromatic heterocycles. The number of hydrogen-bond acceptors (Lipinski definition) is 2. The molecule has 0 aromatic carbocycles. The van der Waals surface area contributed by atoms with Crippen LogP contribution in [0.2, 0.25) is 0 Å². The summed E-state index contributed by atoms with van der Waals surface area (Å²) in [5.41, 5.74) is 0. The lowest BCUT2D eigenvalue weighted by molar-refractivity contribution is 0.145. The minimum atomic E-state index is -0.493. The lowest BCUT2D eigenvalue weighted by Gasteiger charge is -2.13. The zero-order valence-corrected chi connectivity index (χ0v) is 7.52. The van der Waals surface area contributed by atoms with Crippen molar-refractivity contribution in [3.63, 3.8) is 0 Å². The van der Waals surface area contributed by atoms with Crippen molar-refractivity contribution in [1.29, 1.82) is 0 Å². The van der Waals surface area contributed by atoms with Crippen LogP contribution < -0.4 is 0 Å². The first-order valence-electron chi connectivity index (χ1n) is 3.39. The molecule has 0 radical (unpaired) electrons. The average molecular weight is 162 g/mol. The average Bonchev–Trinajstić information content (AvgIpc) is 1.82. The van der Waals surface area contributed by atoms with Crippen molar-refractivity contribution in [2.24, 2.45) is 11.8 Å². The van der Waals surface area contributed by atoms with Crippen LogP contribution in [0, 0.1) is 11.8 Å². The predicted octanol–water partition coefficient (Wildman–Crippen LogP) is 2.34. The maximum atomic E-state index is 10.2. The fourth-order valence-corrected chi connectivity index (χ4v) is 0.470. The Kier molecular flexibility index (Phi) is 4.52. The van der Waals surface area contributed by atoms with Gasteiger partial charge in [-0.3, -0.25) is 0 Å². The first-order chi connectivity index (χ1) is 4.54. The van der Waals surface area contributed by atoms with E-state index in [2.05, 4.69) is 26.5 Å². The van der Waals surface area contributed by atoms with Crippen molar-refractivity contribution in [3.8, 4) is 0 Å². The van der Waals surface area contributed by atoms with Gasteiger partial charge in [0.2, 0.25) is 0 Å². The first-order valence-corrected chi connectivity index (χ1v) is 3.84. The number of hydrogen-bond donors (Lipinski definition) is 1.